The van der Waals surface area contributed by atoms with Gasteiger partial charge in [0.2, 0.25) is 0 Å². The van der Waals surface area contributed by atoms with Crippen LogP contribution in [0.4, 0.5) is 15.8 Å². The first kappa shape index (κ1) is 16.1. The lowest BCUT2D eigenvalue weighted by atomic mass is 10.0. The first-order chi connectivity index (χ1) is 11.9. The molecule has 1 saturated heterocycles. The average molecular weight is 347 g/mol. The van der Waals surface area contributed by atoms with E-state index in [1.54, 1.807) is 11.5 Å². The molecule has 2 aromatic rings. The number of fused-ring (bicyclic) bond motifs is 1. The number of rotatable bonds is 3. The number of nitrogen functional groups attached to an aromatic ring is 1. The van der Waals surface area contributed by atoms with Crippen LogP contribution in [-0.4, -0.2) is 29.2 Å². The van der Waals surface area contributed by atoms with Crippen molar-refractivity contribution in [2.75, 3.05) is 30.3 Å². The number of anilines is 2. The van der Waals surface area contributed by atoms with Gasteiger partial charge in [0.15, 0.2) is 5.82 Å². The normalized spacial score (nSPS) is 20.6. The number of benzene rings is 1. The average Bonchev–Trinajstić information content (AvgIpc) is 3.29. The number of aromatic nitrogens is 2. The van der Waals surface area contributed by atoms with Gasteiger partial charge in [-0.05, 0) is 38.6 Å². The molecule has 5 N–H and O–H groups in total. The second-order valence-electron chi connectivity index (χ2n) is 7.12. The van der Waals surface area contributed by atoms with Crippen LogP contribution >= 0.6 is 0 Å². The van der Waals surface area contributed by atoms with Gasteiger partial charge in [-0.3, -0.25) is 14.3 Å². The molecule has 4 rings (SSSR count). The summed E-state index contributed by atoms with van der Waals surface area (Å²) in [5.41, 5.74) is 11.9. The highest BCUT2D eigenvalue weighted by molar-refractivity contribution is 5.97. The van der Waals surface area contributed by atoms with Crippen molar-refractivity contribution in [3.05, 3.63) is 32.2 Å². The molecule has 0 amide bonds. The predicted octanol–water partition coefficient (Wildman–Crippen LogP) is 0.839. The van der Waals surface area contributed by atoms with Crippen LogP contribution < -0.4 is 27.6 Å². The summed E-state index contributed by atoms with van der Waals surface area (Å²) < 4.78 is 16.6. The first-order valence-corrected chi connectivity index (χ1v) is 8.65. The lowest BCUT2D eigenvalue weighted by Gasteiger charge is -2.25. The van der Waals surface area contributed by atoms with Crippen molar-refractivity contribution in [1.29, 1.82) is 0 Å². The highest BCUT2D eigenvalue weighted by Gasteiger charge is 2.32. The Morgan fingerprint density at radius 2 is 2.00 bits per heavy atom. The largest absolute Gasteiger partial charge is 0.396 e. The molecule has 2 fully saturated rings. The van der Waals surface area contributed by atoms with Crippen LogP contribution in [0.5, 0.6) is 0 Å². The third-order valence-electron chi connectivity index (χ3n) is 5.42. The molecule has 1 aliphatic carbocycles. The molecule has 0 bridgehead atoms. The zero-order valence-corrected chi connectivity index (χ0v) is 14.1. The van der Waals surface area contributed by atoms with Crippen molar-refractivity contribution < 1.29 is 4.39 Å². The maximum Gasteiger partial charge on any atom is 0.329 e. The molecule has 1 atom stereocenters. The molecular formula is C17H22FN5O2. The minimum Gasteiger partial charge on any atom is -0.396 e. The van der Waals surface area contributed by atoms with Gasteiger partial charge in [0.25, 0.3) is 5.56 Å². The molecule has 1 unspecified atom stereocenters. The fraction of sp³-hybridized carbons (Fsp3) is 0.529. The monoisotopic (exact) mass is 347 g/mol. The van der Waals surface area contributed by atoms with Crippen molar-refractivity contribution in [3.63, 3.8) is 0 Å². The number of H-pyrrole nitrogens is 1. The Morgan fingerprint density at radius 1 is 1.28 bits per heavy atom. The maximum atomic E-state index is 15.1. The second-order valence-corrected chi connectivity index (χ2v) is 7.12. The Bertz CT molecular complexity index is 976. The minimum atomic E-state index is -0.635. The van der Waals surface area contributed by atoms with Crippen molar-refractivity contribution in [1.82, 2.24) is 9.55 Å². The number of hydrogen-bond donors (Lipinski definition) is 3. The molecule has 0 spiro atoms. The lowest BCUT2D eigenvalue weighted by Crippen LogP contribution is -2.32. The zero-order valence-electron chi connectivity index (χ0n) is 14.1. The molecule has 1 aliphatic heterocycles. The molecule has 8 heteroatoms. The van der Waals surface area contributed by atoms with Gasteiger partial charge in [-0.1, -0.05) is 0 Å². The number of nitrogens with one attached hydrogen (secondary N) is 1. The van der Waals surface area contributed by atoms with Crippen molar-refractivity contribution in [2.45, 2.75) is 32.2 Å². The SMILES string of the molecule is Cc1c(N2CCC(CN)C2)c(F)c(N)c2c(=O)[nH]c(=O)n(C3CC3)c12. The van der Waals surface area contributed by atoms with E-state index in [1.807, 2.05) is 4.90 Å². The number of halogens is 1. The summed E-state index contributed by atoms with van der Waals surface area (Å²) in [4.78, 5) is 28.9. The van der Waals surface area contributed by atoms with Crippen LogP contribution in [-0.2, 0) is 0 Å². The number of aromatic amines is 1. The van der Waals surface area contributed by atoms with Gasteiger partial charge < -0.3 is 16.4 Å². The standard InChI is InChI=1S/C17H22FN5O2/c1-8-14-11(16(24)21-17(25)23(14)10-2-3-10)13(20)12(18)15(8)22-5-4-9(6-19)7-22/h9-10H,2-7,19-20H2,1H3,(H,21,24,25). The Kier molecular flexibility index (Phi) is 3.61. The molecule has 1 aromatic carbocycles. The molecule has 2 aliphatic rings. The Labute approximate surface area is 143 Å². The number of aryl methyl sites for hydroxylation is 1. The third kappa shape index (κ3) is 2.35. The van der Waals surface area contributed by atoms with Gasteiger partial charge in [-0.2, -0.15) is 0 Å². The molecule has 1 aromatic heterocycles. The topological polar surface area (TPSA) is 110 Å². The predicted molar refractivity (Wildman–Crippen MR) is 95.6 cm³/mol. The fourth-order valence-electron chi connectivity index (χ4n) is 3.97. The molecule has 1 saturated carbocycles. The highest BCUT2D eigenvalue weighted by Crippen LogP contribution is 2.41. The van der Waals surface area contributed by atoms with E-state index >= 15 is 4.39 Å². The maximum absolute atomic E-state index is 15.1. The van der Waals surface area contributed by atoms with E-state index in [0.717, 1.165) is 19.3 Å². The van der Waals surface area contributed by atoms with Gasteiger partial charge in [0.1, 0.15) is 0 Å². The second kappa shape index (κ2) is 5.59. The van der Waals surface area contributed by atoms with Gasteiger partial charge in [-0.15, -0.1) is 0 Å². The third-order valence-corrected chi connectivity index (χ3v) is 5.42. The van der Waals surface area contributed by atoms with Gasteiger partial charge in [0.05, 0.1) is 22.3 Å². The number of nitrogens with zero attached hydrogens (tertiary/aromatic N) is 2. The number of nitrogens with two attached hydrogens (primary N) is 2. The summed E-state index contributed by atoms with van der Waals surface area (Å²) in [5.74, 6) is -0.283. The first-order valence-electron chi connectivity index (χ1n) is 8.65. The van der Waals surface area contributed by atoms with Crippen LogP contribution in [0.3, 0.4) is 0 Å². The van der Waals surface area contributed by atoms with Gasteiger partial charge >= 0.3 is 5.69 Å². The summed E-state index contributed by atoms with van der Waals surface area (Å²) in [6.45, 7) is 3.64. The molecular weight excluding hydrogens is 325 g/mol. The van der Waals surface area contributed by atoms with E-state index < -0.39 is 17.1 Å². The minimum absolute atomic E-state index is 0.0404. The van der Waals surface area contributed by atoms with Crippen molar-refractivity contribution in [2.24, 2.45) is 11.7 Å². The summed E-state index contributed by atoms with van der Waals surface area (Å²) in [6.07, 6.45) is 2.62. The van der Waals surface area contributed by atoms with Gasteiger partial charge in [-0.25, -0.2) is 9.18 Å². The van der Waals surface area contributed by atoms with E-state index in [0.29, 0.717) is 42.3 Å². The molecule has 25 heavy (non-hydrogen) atoms. The Balaban J connectivity index is 2.04. The van der Waals surface area contributed by atoms with Gasteiger partial charge in [0, 0.05) is 24.7 Å². The summed E-state index contributed by atoms with van der Waals surface area (Å²) in [7, 11) is 0. The van der Waals surface area contributed by atoms with Crippen molar-refractivity contribution >= 4 is 22.3 Å². The van der Waals surface area contributed by atoms with E-state index in [-0.39, 0.29) is 17.1 Å². The molecule has 0 radical (unpaired) electrons. The Hall–Kier alpha value is -2.35. The molecule has 2 heterocycles. The molecule has 134 valence electrons. The van der Waals surface area contributed by atoms with Crippen LogP contribution in [0.15, 0.2) is 9.59 Å². The fourth-order valence-corrected chi connectivity index (χ4v) is 3.97. The van der Waals surface area contributed by atoms with E-state index in [4.69, 9.17) is 11.5 Å². The smallest absolute Gasteiger partial charge is 0.329 e. The van der Waals surface area contributed by atoms with Crippen LogP contribution in [0.1, 0.15) is 30.9 Å². The molecule has 7 nitrogen and oxygen atoms in total. The van der Waals surface area contributed by atoms with Crippen LogP contribution in [0, 0.1) is 18.7 Å². The highest BCUT2D eigenvalue weighted by atomic mass is 19.1. The summed E-state index contributed by atoms with van der Waals surface area (Å²) in [6, 6.07) is 0.0404. The number of hydrogen-bond acceptors (Lipinski definition) is 5. The summed E-state index contributed by atoms with van der Waals surface area (Å²) >= 11 is 0. The zero-order chi connectivity index (χ0) is 17.9. The van der Waals surface area contributed by atoms with E-state index in [9.17, 15) is 9.59 Å². The Morgan fingerprint density at radius 3 is 2.60 bits per heavy atom. The summed E-state index contributed by atoms with van der Waals surface area (Å²) in [5, 5.41) is 0.0693. The quantitative estimate of drug-likeness (QED) is 0.713. The van der Waals surface area contributed by atoms with Crippen LogP contribution in [0.2, 0.25) is 0 Å². The van der Waals surface area contributed by atoms with E-state index in [2.05, 4.69) is 4.98 Å². The van der Waals surface area contributed by atoms with Crippen molar-refractivity contribution in [3.8, 4) is 0 Å². The lowest BCUT2D eigenvalue weighted by molar-refractivity contribution is 0.598. The van der Waals surface area contributed by atoms with Crippen LogP contribution in [0.25, 0.3) is 10.9 Å². The van der Waals surface area contributed by atoms with E-state index in [1.165, 1.54) is 0 Å².